The van der Waals surface area contributed by atoms with E-state index in [4.69, 9.17) is 4.74 Å². The number of likely N-dealkylation sites (tertiary alicyclic amines) is 2. The maximum Gasteiger partial charge on any atom is 0.236 e. The summed E-state index contributed by atoms with van der Waals surface area (Å²) >= 11 is 0. The van der Waals surface area contributed by atoms with E-state index in [1.54, 1.807) is 0 Å². The number of piperidine rings is 2. The van der Waals surface area contributed by atoms with Gasteiger partial charge < -0.3 is 9.64 Å². The third-order valence-electron chi connectivity index (χ3n) is 4.33. The highest BCUT2D eigenvalue weighted by atomic mass is 16.5. The predicted molar refractivity (Wildman–Crippen MR) is 76.1 cm³/mol. The molecule has 0 aromatic carbocycles. The number of carbonyl (C=O) groups excluding carboxylic acids is 1. The van der Waals surface area contributed by atoms with Crippen LogP contribution in [-0.2, 0) is 9.53 Å². The molecule has 0 atom stereocenters. The first kappa shape index (κ1) is 14.8. The second kappa shape index (κ2) is 7.85. The zero-order valence-corrected chi connectivity index (χ0v) is 12.3. The summed E-state index contributed by atoms with van der Waals surface area (Å²) in [6, 6.07) is 0. The Morgan fingerprint density at radius 3 is 2.42 bits per heavy atom. The summed E-state index contributed by atoms with van der Waals surface area (Å²) in [5.41, 5.74) is 0. The molecule has 2 aliphatic rings. The zero-order chi connectivity index (χ0) is 13.5. The van der Waals surface area contributed by atoms with E-state index in [9.17, 15) is 4.79 Å². The summed E-state index contributed by atoms with van der Waals surface area (Å²) in [6.45, 7) is 8.39. The Morgan fingerprint density at radius 1 is 1.11 bits per heavy atom. The van der Waals surface area contributed by atoms with Crippen molar-refractivity contribution in [2.45, 2.75) is 39.0 Å². The Kier molecular flexibility index (Phi) is 6.11. The molecule has 0 aromatic rings. The first-order valence-corrected chi connectivity index (χ1v) is 7.87. The molecule has 19 heavy (non-hydrogen) atoms. The molecule has 2 saturated heterocycles. The highest BCUT2D eigenvalue weighted by molar-refractivity contribution is 5.78. The fourth-order valence-corrected chi connectivity index (χ4v) is 3.04. The molecular weight excluding hydrogens is 240 g/mol. The SMILES string of the molecule is CCOCC1CCN(C(=O)CN2CCCCC2)CC1. The van der Waals surface area contributed by atoms with Gasteiger partial charge in [0.15, 0.2) is 0 Å². The molecule has 0 aliphatic carbocycles. The number of rotatable bonds is 5. The second-order valence-electron chi connectivity index (χ2n) is 5.82. The van der Waals surface area contributed by atoms with Crippen LogP contribution in [0.15, 0.2) is 0 Å². The van der Waals surface area contributed by atoms with E-state index in [0.29, 0.717) is 18.4 Å². The predicted octanol–water partition coefficient (Wildman–Crippen LogP) is 1.75. The highest BCUT2D eigenvalue weighted by Gasteiger charge is 2.24. The van der Waals surface area contributed by atoms with Crippen molar-refractivity contribution in [3.05, 3.63) is 0 Å². The lowest BCUT2D eigenvalue weighted by molar-refractivity contribution is -0.134. The van der Waals surface area contributed by atoms with Gasteiger partial charge in [0.05, 0.1) is 6.54 Å². The van der Waals surface area contributed by atoms with Crippen molar-refractivity contribution in [3.63, 3.8) is 0 Å². The highest BCUT2D eigenvalue weighted by Crippen LogP contribution is 2.18. The van der Waals surface area contributed by atoms with E-state index in [1.807, 2.05) is 6.92 Å². The van der Waals surface area contributed by atoms with Gasteiger partial charge in [-0.2, -0.15) is 0 Å². The summed E-state index contributed by atoms with van der Waals surface area (Å²) < 4.78 is 5.48. The van der Waals surface area contributed by atoms with Crippen molar-refractivity contribution in [1.29, 1.82) is 0 Å². The Morgan fingerprint density at radius 2 is 1.79 bits per heavy atom. The lowest BCUT2D eigenvalue weighted by Crippen LogP contribution is -2.45. The monoisotopic (exact) mass is 268 g/mol. The standard InChI is InChI=1S/C15H28N2O2/c1-2-19-13-14-6-10-17(11-7-14)15(18)12-16-8-4-3-5-9-16/h14H,2-13H2,1H3. The van der Waals surface area contributed by atoms with Crippen LogP contribution in [0.2, 0.25) is 0 Å². The van der Waals surface area contributed by atoms with Crippen LogP contribution in [0.3, 0.4) is 0 Å². The zero-order valence-electron chi connectivity index (χ0n) is 12.3. The van der Waals surface area contributed by atoms with Crippen LogP contribution >= 0.6 is 0 Å². The number of ether oxygens (including phenoxy) is 1. The normalized spacial score (nSPS) is 22.7. The summed E-state index contributed by atoms with van der Waals surface area (Å²) in [5, 5.41) is 0. The van der Waals surface area contributed by atoms with Gasteiger partial charge in [0.25, 0.3) is 0 Å². The minimum absolute atomic E-state index is 0.330. The molecular formula is C15H28N2O2. The molecule has 0 unspecified atom stereocenters. The first-order valence-electron chi connectivity index (χ1n) is 7.87. The molecule has 4 heteroatoms. The molecule has 0 N–H and O–H groups in total. The third kappa shape index (κ3) is 4.77. The van der Waals surface area contributed by atoms with Crippen LogP contribution in [0.4, 0.5) is 0 Å². The fourth-order valence-electron chi connectivity index (χ4n) is 3.04. The number of amides is 1. The number of hydrogen-bond donors (Lipinski definition) is 0. The first-order chi connectivity index (χ1) is 9.29. The minimum atomic E-state index is 0.330. The van der Waals surface area contributed by atoms with Gasteiger partial charge in [-0.3, -0.25) is 9.69 Å². The second-order valence-corrected chi connectivity index (χ2v) is 5.82. The molecule has 2 aliphatic heterocycles. The van der Waals surface area contributed by atoms with E-state index < -0.39 is 0 Å². The van der Waals surface area contributed by atoms with Crippen molar-refractivity contribution >= 4 is 5.91 Å². The molecule has 0 spiro atoms. The molecule has 2 fully saturated rings. The molecule has 0 bridgehead atoms. The number of hydrogen-bond acceptors (Lipinski definition) is 3. The number of carbonyl (C=O) groups is 1. The molecule has 0 aromatic heterocycles. The van der Waals surface area contributed by atoms with E-state index in [2.05, 4.69) is 9.80 Å². The van der Waals surface area contributed by atoms with Crippen LogP contribution in [-0.4, -0.2) is 61.6 Å². The molecule has 0 radical (unpaired) electrons. The van der Waals surface area contributed by atoms with Crippen molar-refractivity contribution in [1.82, 2.24) is 9.80 Å². The summed E-state index contributed by atoms with van der Waals surface area (Å²) in [5.74, 6) is 0.982. The smallest absolute Gasteiger partial charge is 0.236 e. The van der Waals surface area contributed by atoms with E-state index in [1.165, 1.54) is 19.3 Å². The van der Waals surface area contributed by atoms with Gasteiger partial charge in [0.1, 0.15) is 0 Å². The Labute approximate surface area is 117 Å². The van der Waals surface area contributed by atoms with Crippen LogP contribution < -0.4 is 0 Å². The summed E-state index contributed by atoms with van der Waals surface area (Å²) in [6.07, 6.45) is 6.04. The van der Waals surface area contributed by atoms with Gasteiger partial charge in [0, 0.05) is 26.3 Å². The fraction of sp³-hybridized carbons (Fsp3) is 0.933. The van der Waals surface area contributed by atoms with E-state index in [-0.39, 0.29) is 0 Å². The van der Waals surface area contributed by atoms with Gasteiger partial charge in [-0.05, 0) is 51.6 Å². The van der Waals surface area contributed by atoms with E-state index >= 15 is 0 Å². The molecule has 2 heterocycles. The minimum Gasteiger partial charge on any atom is -0.381 e. The van der Waals surface area contributed by atoms with Crippen LogP contribution in [0.5, 0.6) is 0 Å². The molecule has 110 valence electrons. The van der Waals surface area contributed by atoms with Gasteiger partial charge >= 0.3 is 0 Å². The average molecular weight is 268 g/mol. The third-order valence-corrected chi connectivity index (χ3v) is 4.33. The van der Waals surface area contributed by atoms with Gasteiger partial charge in [0.2, 0.25) is 5.91 Å². The summed E-state index contributed by atoms with van der Waals surface area (Å²) in [7, 11) is 0. The maximum atomic E-state index is 12.2. The average Bonchev–Trinajstić information content (AvgIpc) is 2.46. The molecule has 0 saturated carbocycles. The Bertz CT molecular complexity index is 269. The molecule has 1 amide bonds. The topological polar surface area (TPSA) is 32.8 Å². The summed E-state index contributed by atoms with van der Waals surface area (Å²) in [4.78, 5) is 16.6. The van der Waals surface area contributed by atoms with Crippen LogP contribution in [0, 0.1) is 5.92 Å². The lowest BCUT2D eigenvalue weighted by atomic mass is 9.98. The Balaban J connectivity index is 1.67. The maximum absolute atomic E-state index is 12.2. The lowest BCUT2D eigenvalue weighted by Gasteiger charge is -2.34. The van der Waals surface area contributed by atoms with Gasteiger partial charge in [-0.25, -0.2) is 0 Å². The van der Waals surface area contributed by atoms with Crippen molar-refractivity contribution in [2.24, 2.45) is 5.92 Å². The van der Waals surface area contributed by atoms with Crippen LogP contribution in [0.1, 0.15) is 39.0 Å². The quantitative estimate of drug-likeness (QED) is 0.761. The molecule has 4 nitrogen and oxygen atoms in total. The Hall–Kier alpha value is -0.610. The molecule has 2 rings (SSSR count). The van der Waals surface area contributed by atoms with Crippen molar-refractivity contribution in [2.75, 3.05) is 45.9 Å². The van der Waals surface area contributed by atoms with Gasteiger partial charge in [-0.1, -0.05) is 6.42 Å². The number of nitrogens with zero attached hydrogens (tertiary/aromatic N) is 2. The largest absolute Gasteiger partial charge is 0.381 e. The van der Waals surface area contributed by atoms with Crippen molar-refractivity contribution < 1.29 is 9.53 Å². The van der Waals surface area contributed by atoms with Crippen LogP contribution in [0.25, 0.3) is 0 Å². The van der Waals surface area contributed by atoms with Gasteiger partial charge in [-0.15, -0.1) is 0 Å². The van der Waals surface area contributed by atoms with E-state index in [0.717, 1.165) is 52.2 Å². The van der Waals surface area contributed by atoms with Crippen molar-refractivity contribution in [3.8, 4) is 0 Å².